The topological polar surface area (TPSA) is 97.0 Å². The number of H-pyrrole nitrogens is 1. The number of rotatable bonds is 7. The average Bonchev–Trinajstić information content (AvgIpc) is 3.42. The summed E-state index contributed by atoms with van der Waals surface area (Å²) < 4.78 is 5.09. The van der Waals surface area contributed by atoms with E-state index in [1.54, 1.807) is 26.1 Å². The second kappa shape index (κ2) is 8.16. The Hall–Kier alpha value is -3.00. The maximum absolute atomic E-state index is 12.5. The second-order valence-electron chi connectivity index (χ2n) is 7.03. The van der Waals surface area contributed by atoms with Crippen molar-refractivity contribution in [1.82, 2.24) is 15.0 Å². The number of carbonyl (C=O) groups is 1. The van der Waals surface area contributed by atoms with E-state index in [1.807, 2.05) is 17.5 Å². The van der Waals surface area contributed by atoms with Gasteiger partial charge in [0.15, 0.2) is 0 Å². The number of carbonyl (C=O) groups excluding carboxylic acids is 1. The molecular weight excluding hydrogens is 388 g/mol. The summed E-state index contributed by atoms with van der Waals surface area (Å²) in [7, 11) is 0. The summed E-state index contributed by atoms with van der Waals surface area (Å²) in [6.45, 7) is 4.60. The van der Waals surface area contributed by atoms with Crippen molar-refractivity contribution in [2.24, 2.45) is 5.92 Å². The van der Waals surface area contributed by atoms with E-state index in [4.69, 9.17) is 4.74 Å². The zero-order valence-electron chi connectivity index (χ0n) is 16.3. The monoisotopic (exact) mass is 410 g/mol. The van der Waals surface area contributed by atoms with Gasteiger partial charge in [0.25, 0.3) is 5.56 Å². The lowest BCUT2D eigenvalue weighted by Gasteiger charge is -2.08. The molecule has 4 rings (SSSR count). The minimum Gasteiger partial charge on any atom is -0.462 e. The van der Waals surface area contributed by atoms with Crippen molar-refractivity contribution in [2.45, 2.75) is 26.7 Å². The van der Waals surface area contributed by atoms with Crippen molar-refractivity contribution >= 4 is 23.1 Å². The molecule has 0 atom stereocenters. The third-order valence-corrected chi connectivity index (χ3v) is 5.68. The summed E-state index contributed by atoms with van der Waals surface area (Å²) >= 11 is 1.44. The summed E-state index contributed by atoms with van der Waals surface area (Å²) in [6.07, 6.45) is 4.27. The number of aromatic amines is 1. The molecule has 0 spiro atoms. The minimum atomic E-state index is -0.461. The van der Waals surface area contributed by atoms with Crippen LogP contribution in [0.4, 0.5) is 5.82 Å². The largest absolute Gasteiger partial charge is 0.462 e. The number of esters is 1. The number of hydrogen-bond donors (Lipinski definition) is 2. The third-order valence-electron chi connectivity index (χ3n) is 4.81. The molecule has 3 heterocycles. The van der Waals surface area contributed by atoms with E-state index in [9.17, 15) is 9.59 Å². The Bertz CT molecular complexity index is 1100. The van der Waals surface area contributed by atoms with Crippen LogP contribution in [0.15, 0.2) is 34.6 Å². The smallest absolute Gasteiger partial charge is 0.339 e. The van der Waals surface area contributed by atoms with Crippen LogP contribution in [0.3, 0.4) is 0 Å². The number of nitrogens with one attached hydrogen (secondary N) is 2. The first kappa shape index (κ1) is 19.3. The van der Waals surface area contributed by atoms with Gasteiger partial charge in [-0.25, -0.2) is 14.8 Å². The lowest BCUT2D eigenvalue weighted by Crippen LogP contribution is -2.16. The van der Waals surface area contributed by atoms with Crippen LogP contribution >= 0.6 is 11.3 Å². The summed E-state index contributed by atoms with van der Waals surface area (Å²) in [6, 6.07) is 5.39. The van der Waals surface area contributed by atoms with Crippen LogP contribution in [-0.2, 0) is 4.74 Å². The molecular formula is C21H22N4O3S. The van der Waals surface area contributed by atoms with Crippen LogP contribution in [0.2, 0.25) is 0 Å². The van der Waals surface area contributed by atoms with E-state index in [2.05, 4.69) is 20.3 Å². The average molecular weight is 410 g/mol. The quantitative estimate of drug-likeness (QED) is 0.574. The fourth-order valence-corrected chi connectivity index (χ4v) is 3.88. The molecule has 0 aliphatic heterocycles. The maximum atomic E-state index is 12.5. The Kier molecular flexibility index (Phi) is 5.44. The molecule has 7 nitrogen and oxygen atoms in total. The SMILES string of the molecule is CCOC(=O)c1cc(-c2csc(-c3cccnc3NCC3CC3)n2)c(=O)[nH]c1C. The summed E-state index contributed by atoms with van der Waals surface area (Å²) in [4.78, 5) is 36.5. The van der Waals surface area contributed by atoms with Crippen LogP contribution in [0.5, 0.6) is 0 Å². The van der Waals surface area contributed by atoms with Crippen LogP contribution in [0, 0.1) is 12.8 Å². The van der Waals surface area contributed by atoms with Gasteiger partial charge < -0.3 is 15.0 Å². The van der Waals surface area contributed by atoms with Gasteiger partial charge in [0, 0.05) is 23.8 Å². The molecule has 3 aromatic rings. The summed E-state index contributed by atoms with van der Waals surface area (Å²) in [5.74, 6) is 1.06. The lowest BCUT2D eigenvalue weighted by molar-refractivity contribution is 0.0525. The molecule has 0 amide bonds. The molecule has 2 N–H and O–H groups in total. The first-order valence-electron chi connectivity index (χ1n) is 9.63. The highest BCUT2D eigenvalue weighted by Crippen LogP contribution is 2.33. The van der Waals surface area contributed by atoms with Gasteiger partial charge in [-0.3, -0.25) is 4.79 Å². The third kappa shape index (κ3) is 4.22. The van der Waals surface area contributed by atoms with E-state index >= 15 is 0 Å². The van der Waals surface area contributed by atoms with Crippen molar-refractivity contribution in [3.8, 4) is 21.8 Å². The molecule has 1 aliphatic rings. The number of anilines is 1. The molecule has 150 valence electrons. The van der Waals surface area contributed by atoms with Gasteiger partial charge in [-0.15, -0.1) is 11.3 Å². The summed E-state index contributed by atoms with van der Waals surface area (Å²) in [5.41, 5.74) is 2.30. The number of hydrogen-bond acceptors (Lipinski definition) is 7. The first-order chi connectivity index (χ1) is 14.1. The Balaban J connectivity index is 1.67. The Morgan fingerprint density at radius 2 is 2.21 bits per heavy atom. The number of thiazole rings is 1. The Morgan fingerprint density at radius 1 is 1.38 bits per heavy atom. The Labute approximate surface area is 172 Å². The molecule has 0 radical (unpaired) electrons. The second-order valence-corrected chi connectivity index (χ2v) is 7.89. The van der Waals surface area contributed by atoms with E-state index < -0.39 is 5.97 Å². The first-order valence-corrected chi connectivity index (χ1v) is 10.5. The van der Waals surface area contributed by atoms with E-state index in [0.717, 1.165) is 28.9 Å². The molecule has 0 bridgehead atoms. The molecule has 0 saturated heterocycles. The molecule has 3 aromatic heterocycles. The van der Waals surface area contributed by atoms with Gasteiger partial charge in [-0.2, -0.15) is 0 Å². The van der Waals surface area contributed by atoms with Gasteiger partial charge >= 0.3 is 5.97 Å². The van der Waals surface area contributed by atoms with Crippen LogP contribution in [-0.4, -0.2) is 34.1 Å². The molecule has 0 unspecified atom stereocenters. The molecule has 1 fully saturated rings. The van der Waals surface area contributed by atoms with Gasteiger partial charge in [-0.05, 0) is 50.8 Å². The highest BCUT2D eigenvalue weighted by atomic mass is 32.1. The van der Waals surface area contributed by atoms with E-state index in [0.29, 0.717) is 22.5 Å². The normalized spacial score (nSPS) is 13.3. The van der Waals surface area contributed by atoms with Crippen molar-refractivity contribution < 1.29 is 9.53 Å². The van der Waals surface area contributed by atoms with Crippen LogP contribution in [0.25, 0.3) is 21.8 Å². The minimum absolute atomic E-state index is 0.269. The predicted molar refractivity (Wildman–Crippen MR) is 113 cm³/mol. The zero-order valence-corrected chi connectivity index (χ0v) is 17.1. The number of pyridine rings is 2. The number of ether oxygens (including phenoxy) is 1. The van der Waals surface area contributed by atoms with Gasteiger partial charge in [-0.1, -0.05) is 0 Å². The summed E-state index contributed by atoms with van der Waals surface area (Å²) in [5, 5.41) is 6.00. The number of aryl methyl sites for hydroxylation is 1. The highest BCUT2D eigenvalue weighted by molar-refractivity contribution is 7.13. The fourth-order valence-electron chi connectivity index (χ4n) is 3.04. The predicted octanol–water partition coefficient (Wildman–Crippen LogP) is 3.87. The van der Waals surface area contributed by atoms with E-state index in [-0.39, 0.29) is 12.2 Å². The number of aromatic nitrogens is 3. The van der Waals surface area contributed by atoms with Gasteiger partial charge in [0.05, 0.1) is 29.0 Å². The molecule has 1 aliphatic carbocycles. The highest BCUT2D eigenvalue weighted by Gasteiger charge is 2.22. The molecule has 0 aromatic carbocycles. The maximum Gasteiger partial charge on any atom is 0.339 e. The van der Waals surface area contributed by atoms with E-state index in [1.165, 1.54) is 24.2 Å². The van der Waals surface area contributed by atoms with Crippen molar-refractivity contribution in [1.29, 1.82) is 0 Å². The fraction of sp³-hybridized carbons (Fsp3) is 0.333. The Morgan fingerprint density at radius 3 is 2.97 bits per heavy atom. The molecule has 8 heteroatoms. The van der Waals surface area contributed by atoms with Gasteiger partial charge in [0.1, 0.15) is 10.8 Å². The molecule has 1 saturated carbocycles. The molecule has 29 heavy (non-hydrogen) atoms. The number of nitrogens with zero attached hydrogens (tertiary/aromatic N) is 2. The van der Waals surface area contributed by atoms with Crippen molar-refractivity contribution in [3.63, 3.8) is 0 Å². The lowest BCUT2D eigenvalue weighted by atomic mass is 10.1. The zero-order chi connectivity index (χ0) is 20.4. The van der Waals surface area contributed by atoms with Crippen LogP contribution in [0.1, 0.15) is 35.8 Å². The van der Waals surface area contributed by atoms with Crippen LogP contribution < -0.4 is 10.9 Å². The van der Waals surface area contributed by atoms with Crippen molar-refractivity contribution in [3.05, 3.63) is 51.4 Å². The standard InChI is InChI=1S/C21H22N4O3S/c1-3-28-21(27)15-9-16(19(26)24-12(15)2)17-11-29-20(25-17)14-5-4-8-22-18(14)23-10-13-6-7-13/h4-5,8-9,11,13H,3,6-7,10H2,1-2H3,(H,22,23)(H,24,26). The van der Waals surface area contributed by atoms with Crippen molar-refractivity contribution in [2.75, 3.05) is 18.5 Å². The van der Waals surface area contributed by atoms with Gasteiger partial charge in [0.2, 0.25) is 0 Å².